The Labute approximate surface area is 177 Å². The maximum Gasteiger partial charge on any atom is 0.269 e. The van der Waals surface area contributed by atoms with Crippen LogP contribution in [0.25, 0.3) is 11.4 Å². The van der Waals surface area contributed by atoms with Crippen LogP contribution in [0.3, 0.4) is 0 Å². The lowest BCUT2D eigenvalue weighted by Crippen LogP contribution is -2.25. The maximum absolute atomic E-state index is 13.4. The molecule has 3 aromatic carbocycles. The van der Waals surface area contributed by atoms with E-state index in [-0.39, 0.29) is 17.5 Å². The summed E-state index contributed by atoms with van der Waals surface area (Å²) >= 11 is 0. The molecule has 1 unspecified atom stereocenters. The van der Waals surface area contributed by atoms with Gasteiger partial charge < -0.3 is 4.52 Å². The summed E-state index contributed by atoms with van der Waals surface area (Å²) < 4.78 is 18.9. The smallest absolute Gasteiger partial charge is 0.269 e. The van der Waals surface area contributed by atoms with Crippen LogP contribution in [0.5, 0.6) is 0 Å². The third kappa shape index (κ3) is 4.65. The summed E-state index contributed by atoms with van der Waals surface area (Å²) in [6.07, 6.45) is 0. The van der Waals surface area contributed by atoms with Gasteiger partial charge in [0.05, 0.1) is 17.5 Å². The zero-order chi connectivity index (χ0) is 21.8. The van der Waals surface area contributed by atoms with Crippen molar-refractivity contribution in [1.82, 2.24) is 15.0 Å². The Morgan fingerprint density at radius 3 is 2.29 bits per heavy atom. The fourth-order valence-corrected chi connectivity index (χ4v) is 3.46. The zero-order valence-electron chi connectivity index (χ0n) is 16.7. The summed E-state index contributed by atoms with van der Waals surface area (Å²) in [5, 5.41) is 14.8. The Bertz CT molecular complexity index is 1160. The third-order valence-corrected chi connectivity index (χ3v) is 4.93. The molecule has 7 nitrogen and oxygen atoms in total. The van der Waals surface area contributed by atoms with Crippen LogP contribution in [0.1, 0.15) is 23.1 Å². The van der Waals surface area contributed by atoms with Crippen molar-refractivity contribution in [3.63, 3.8) is 0 Å². The zero-order valence-corrected chi connectivity index (χ0v) is 16.7. The van der Waals surface area contributed by atoms with Gasteiger partial charge in [0.15, 0.2) is 0 Å². The molecule has 0 bridgehead atoms. The van der Waals surface area contributed by atoms with Crippen molar-refractivity contribution in [2.24, 2.45) is 0 Å². The minimum atomic E-state index is -0.459. The lowest BCUT2D eigenvalue weighted by molar-refractivity contribution is -0.384. The van der Waals surface area contributed by atoms with Crippen LogP contribution in [0.2, 0.25) is 0 Å². The summed E-state index contributed by atoms with van der Waals surface area (Å²) in [6.45, 7) is 0.358. The second-order valence-electron chi connectivity index (χ2n) is 7.10. The van der Waals surface area contributed by atoms with Gasteiger partial charge in [0, 0.05) is 17.7 Å². The Kier molecular flexibility index (Phi) is 5.81. The number of nitro benzene ring substituents is 1. The molecule has 4 aromatic rings. The predicted octanol–water partition coefficient (Wildman–Crippen LogP) is 5.01. The van der Waals surface area contributed by atoms with Gasteiger partial charge in [-0.2, -0.15) is 4.98 Å². The third-order valence-electron chi connectivity index (χ3n) is 4.93. The van der Waals surface area contributed by atoms with Crippen LogP contribution >= 0.6 is 0 Å². The van der Waals surface area contributed by atoms with Crippen molar-refractivity contribution in [3.05, 3.63) is 112 Å². The van der Waals surface area contributed by atoms with Crippen molar-refractivity contribution in [3.8, 4) is 11.4 Å². The Morgan fingerprint density at radius 2 is 1.65 bits per heavy atom. The molecule has 31 heavy (non-hydrogen) atoms. The summed E-state index contributed by atoms with van der Waals surface area (Å²) in [7, 11) is 1.93. The first kappa shape index (κ1) is 20.4. The molecule has 1 atom stereocenters. The van der Waals surface area contributed by atoms with Gasteiger partial charge in [-0.25, -0.2) is 4.39 Å². The number of nitrogens with zero attached hydrogens (tertiary/aromatic N) is 4. The van der Waals surface area contributed by atoms with E-state index in [1.807, 2.05) is 42.3 Å². The number of rotatable bonds is 7. The van der Waals surface area contributed by atoms with Crippen molar-refractivity contribution in [2.75, 3.05) is 7.05 Å². The van der Waals surface area contributed by atoms with E-state index in [1.54, 1.807) is 24.3 Å². The van der Waals surface area contributed by atoms with E-state index in [2.05, 4.69) is 10.1 Å². The second-order valence-corrected chi connectivity index (χ2v) is 7.10. The van der Waals surface area contributed by atoms with E-state index in [1.165, 1.54) is 24.3 Å². The fraction of sp³-hybridized carbons (Fsp3) is 0.130. The molecule has 0 aliphatic carbocycles. The summed E-state index contributed by atoms with van der Waals surface area (Å²) in [5.41, 5.74) is 2.61. The summed E-state index contributed by atoms with van der Waals surface area (Å²) in [4.78, 5) is 16.8. The minimum Gasteiger partial charge on any atom is -0.338 e. The van der Waals surface area contributed by atoms with Gasteiger partial charge in [-0.15, -0.1) is 0 Å². The van der Waals surface area contributed by atoms with Gasteiger partial charge in [-0.05, 0) is 42.4 Å². The number of hydrogen-bond acceptors (Lipinski definition) is 6. The predicted molar refractivity (Wildman–Crippen MR) is 113 cm³/mol. The SMILES string of the molecule is CN(Cc1nc(-c2ccc([N+](=O)[O-])cc2)no1)C(c1ccccc1)c1ccc(F)cc1. The van der Waals surface area contributed by atoms with Gasteiger partial charge in [-0.3, -0.25) is 15.0 Å². The molecule has 0 saturated heterocycles. The Balaban J connectivity index is 1.57. The normalized spacial score (nSPS) is 12.1. The molecule has 4 rings (SSSR count). The molecule has 0 aliphatic rings. The van der Waals surface area contributed by atoms with Crippen molar-refractivity contribution >= 4 is 5.69 Å². The van der Waals surface area contributed by atoms with E-state index < -0.39 is 4.92 Å². The Hall–Kier alpha value is -3.91. The van der Waals surface area contributed by atoms with Gasteiger partial charge >= 0.3 is 0 Å². The topological polar surface area (TPSA) is 85.3 Å². The van der Waals surface area contributed by atoms with Gasteiger partial charge in [0.1, 0.15) is 5.82 Å². The largest absolute Gasteiger partial charge is 0.338 e. The van der Waals surface area contributed by atoms with Gasteiger partial charge in [0.25, 0.3) is 5.69 Å². The minimum absolute atomic E-state index is 0.00259. The standard InChI is InChI=1S/C23H19FN4O3/c1-27(22(16-5-3-2-4-6-16)17-7-11-19(24)12-8-17)15-21-25-23(26-31-21)18-9-13-20(14-10-18)28(29)30/h2-14,22H,15H2,1H3. The number of non-ortho nitro benzene ring substituents is 1. The van der Waals surface area contributed by atoms with Crippen molar-refractivity contribution in [2.45, 2.75) is 12.6 Å². The number of hydrogen-bond donors (Lipinski definition) is 0. The van der Waals surface area contributed by atoms with Crippen LogP contribution in [0, 0.1) is 15.9 Å². The summed E-state index contributed by atoms with van der Waals surface area (Å²) in [6, 6.07) is 22.1. The highest BCUT2D eigenvalue weighted by molar-refractivity contribution is 5.56. The van der Waals surface area contributed by atoms with Crippen LogP contribution in [0.15, 0.2) is 83.4 Å². The highest BCUT2D eigenvalue weighted by atomic mass is 19.1. The van der Waals surface area contributed by atoms with Crippen molar-refractivity contribution < 1.29 is 13.8 Å². The number of aromatic nitrogens is 2. The quantitative estimate of drug-likeness (QED) is 0.310. The van der Waals surface area contributed by atoms with Crippen molar-refractivity contribution in [1.29, 1.82) is 0 Å². The lowest BCUT2D eigenvalue weighted by atomic mass is 9.97. The molecule has 0 aliphatic heterocycles. The first-order chi connectivity index (χ1) is 15.0. The lowest BCUT2D eigenvalue weighted by Gasteiger charge is -2.27. The first-order valence-corrected chi connectivity index (χ1v) is 9.59. The van der Waals surface area contributed by atoms with Crippen LogP contribution < -0.4 is 0 Å². The highest BCUT2D eigenvalue weighted by Crippen LogP contribution is 2.29. The van der Waals surface area contributed by atoms with Crippen LogP contribution in [-0.2, 0) is 6.54 Å². The maximum atomic E-state index is 13.4. The first-order valence-electron chi connectivity index (χ1n) is 9.59. The van der Waals surface area contributed by atoms with Crippen LogP contribution in [0.4, 0.5) is 10.1 Å². The molecule has 1 aromatic heterocycles. The van der Waals surface area contributed by atoms with E-state index in [4.69, 9.17) is 4.52 Å². The molecule has 0 amide bonds. The van der Waals surface area contributed by atoms with E-state index in [0.29, 0.717) is 23.8 Å². The molecular formula is C23H19FN4O3. The highest BCUT2D eigenvalue weighted by Gasteiger charge is 2.22. The molecular weight excluding hydrogens is 399 g/mol. The summed E-state index contributed by atoms with van der Waals surface area (Å²) in [5.74, 6) is 0.470. The monoisotopic (exact) mass is 418 g/mol. The van der Waals surface area contributed by atoms with Crippen LogP contribution in [-0.4, -0.2) is 27.0 Å². The second kappa shape index (κ2) is 8.85. The molecule has 0 saturated carbocycles. The molecule has 0 N–H and O–H groups in total. The average molecular weight is 418 g/mol. The molecule has 0 spiro atoms. The van der Waals surface area contributed by atoms with E-state index >= 15 is 0 Å². The number of nitro groups is 1. The van der Waals surface area contributed by atoms with Gasteiger partial charge in [-0.1, -0.05) is 47.6 Å². The average Bonchev–Trinajstić information content (AvgIpc) is 3.24. The van der Waals surface area contributed by atoms with Gasteiger partial charge in [0.2, 0.25) is 11.7 Å². The molecule has 1 heterocycles. The van der Waals surface area contributed by atoms with E-state index in [9.17, 15) is 14.5 Å². The molecule has 0 fully saturated rings. The molecule has 8 heteroatoms. The Morgan fingerprint density at radius 1 is 1.00 bits per heavy atom. The molecule has 156 valence electrons. The molecule has 0 radical (unpaired) electrons. The number of benzene rings is 3. The fourth-order valence-electron chi connectivity index (χ4n) is 3.46. The number of halogens is 1. The van der Waals surface area contributed by atoms with E-state index in [0.717, 1.165) is 11.1 Å².